The molecule has 20 heavy (non-hydrogen) atoms. The van der Waals surface area contributed by atoms with Crippen LogP contribution < -0.4 is 11.1 Å². The number of carbonyl (C=O) groups is 1. The first-order valence-corrected chi connectivity index (χ1v) is 7.72. The Balaban J connectivity index is 2.15. The fourth-order valence-corrected chi connectivity index (χ4v) is 3.63. The lowest BCUT2D eigenvalue weighted by atomic mass is 10.2. The average molecular weight is 352 g/mol. The van der Waals surface area contributed by atoms with Crippen LogP contribution in [0, 0.1) is 0 Å². The third-order valence-corrected chi connectivity index (χ3v) is 4.75. The quantitative estimate of drug-likeness (QED) is 0.515. The molecule has 0 saturated heterocycles. The molecule has 2 heterocycles. The molecule has 1 N–H and O–H groups in total. The van der Waals surface area contributed by atoms with Gasteiger partial charge in [-0.05, 0) is 6.07 Å². The molecule has 106 valence electrons. The highest BCUT2D eigenvalue weighted by Gasteiger charge is 2.15. The summed E-state index contributed by atoms with van der Waals surface area (Å²) in [7, 11) is 1.52. The molecule has 6 nitrogen and oxygen atoms in total. The highest BCUT2D eigenvalue weighted by atomic mass is 35.5. The molecule has 0 radical (unpaired) electrons. The number of hydrogen-bond acceptors (Lipinski definition) is 6. The molecule has 0 aromatic carbocycles. The van der Waals surface area contributed by atoms with Gasteiger partial charge >= 0.3 is 11.1 Å². The first-order valence-electron chi connectivity index (χ1n) is 5.16. The van der Waals surface area contributed by atoms with Crippen LogP contribution in [0.3, 0.4) is 0 Å². The maximum Gasteiger partial charge on any atom is 0.339 e. The van der Waals surface area contributed by atoms with E-state index in [1.165, 1.54) is 17.8 Å². The standard InChI is InChI=1S/C10H7Cl2N3O3S2/c1-15-10(13-8(17)9(18)14-15)19-3-5(16)4-2-6(11)20-7(4)12/h2H,3H2,1H3,(H,14,18). The maximum atomic E-state index is 12.0. The van der Waals surface area contributed by atoms with Gasteiger partial charge in [0.25, 0.3) is 0 Å². The van der Waals surface area contributed by atoms with Crippen LogP contribution in [0.4, 0.5) is 0 Å². The molecule has 0 amide bonds. The van der Waals surface area contributed by atoms with Gasteiger partial charge in [0, 0.05) is 12.6 Å². The van der Waals surface area contributed by atoms with E-state index in [9.17, 15) is 14.4 Å². The predicted octanol–water partition coefficient (Wildman–Crippen LogP) is 1.81. The van der Waals surface area contributed by atoms with Crippen molar-refractivity contribution >= 4 is 52.1 Å². The molecular weight excluding hydrogens is 345 g/mol. The van der Waals surface area contributed by atoms with Gasteiger partial charge in [0.15, 0.2) is 10.9 Å². The molecular formula is C10H7Cl2N3O3S2. The molecule has 0 aliphatic rings. The van der Waals surface area contributed by atoms with E-state index in [-0.39, 0.29) is 16.7 Å². The minimum absolute atomic E-state index is 0.0269. The van der Waals surface area contributed by atoms with Crippen molar-refractivity contribution in [2.45, 2.75) is 5.16 Å². The third-order valence-electron chi connectivity index (χ3n) is 2.24. The lowest BCUT2D eigenvalue weighted by Gasteiger charge is -2.04. The number of hydrogen-bond donors (Lipinski definition) is 1. The monoisotopic (exact) mass is 351 g/mol. The minimum atomic E-state index is -0.894. The Morgan fingerprint density at radius 3 is 2.80 bits per heavy atom. The Morgan fingerprint density at radius 2 is 2.20 bits per heavy atom. The number of nitrogens with one attached hydrogen (secondary N) is 1. The van der Waals surface area contributed by atoms with Gasteiger partial charge in [-0.1, -0.05) is 35.0 Å². The summed E-state index contributed by atoms with van der Waals surface area (Å²) in [6, 6.07) is 1.50. The molecule has 0 atom stereocenters. The molecule has 2 rings (SSSR count). The van der Waals surface area contributed by atoms with Crippen molar-refractivity contribution in [1.82, 2.24) is 14.8 Å². The molecule has 2 aromatic rings. The molecule has 0 fully saturated rings. The number of thiophene rings is 1. The van der Waals surface area contributed by atoms with E-state index in [0.29, 0.717) is 14.2 Å². The lowest BCUT2D eigenvalue weighted by molar-refractivity contribution is 0.102. The number of carbonyl (C=O) groups excluding carboxylic acids is 1. The van der Waals surface area contributed by atoms with E-state index in [4.69, 9.17) is 23.2 Å². The van der Waals surface area contributed by atoms with Crippen molar-refractivity contribution in [2.24, 2.45) is 7.05 Å². The topological polar surface area (TPSA) is 84.8 Å². The Kier molecular flexibility index (Phi) is 4.69. The first-order chi connectivity index (χ1) is 9.38. The predicted molar refractivity (Wildman–Crippen MR) is 79.5 cm³/mol. The van der Waals surface area contributed by atoms with E-state index in [1.807, 2.05) is 0 Å². The van der Waals surface area contributed by atoms with Crippen LogP contribution in [-0.4, -0.2) is 26.3 Å². The Labute approximate surface area is 130 Å². The van der Waals surface area contributed by atoms with Crippen LogP contribution in [-0.2, 0) is 7.05 Å². The highest BCUT2D eigenvalue weighted by molar-refractivity contribution is 7.99. The normalized spacial score (nSPS) is 10.8. The number of aryl methyl sites for hydroxylation is 1. The molecule has 10 heteroatoms. The van der Waals surface area contributed by atoms with Crippen molar-refractivity contribution in [1.29, 1.82) is 0 Å². The van der Waals surface area contributed by atoms with Crippen molar-refractivity contribution in [3.05, 3.63) is 41.0 Å². The van der Waals surface area contributed by atoms with Gasteiger partial charge in [-0.15, -0.1) is 11.3 Å². The maximum absolute atomic E-state index is 12.0. The third kappa shape index (κ3) is 3.32. The number of H-pyrrole nitrogens is 1. The Bertz CT molecular complexity index is 781. The van der Waals surface area contributed by atoms with Crippen molar-refractivity contribution in [3.63, 3.8) is 0 Å². The van der Waals surface area contributed by atoms with Gasteiger partial charge in [-0.2, -0.15) is 4.98 Å². The van der Waals surface area contributed by atoms with Crippen LogP contribution in [0.15, 0.2) is 20.8 Å². The van der Waals surface area contributed by atoms with Crippen molar-refractivity contribution in [2.75, 3.05) is 5.75 Å². The summed E-state index contributed by atoms with van der Waals surface area (Å²) in [6.45, 7) is 0. The smallest absolute Gasteiger partial charge is 0.293 e. The summed E-state index contributed by atoms with van der Waals surface area (Å²) in [5.41, 5.74) is -1.37. The number of rotatable bonds is 4. The molecule has 0 unspecified atom stereocenters. The lowest BCUT2D eigenvalue weighted by Crippen LogP contribution is -2.34. The van der Waals surface area contributed by atoms with Gasteiger partial charge in [-0.3, -0.25) is 24.2 Å². The second kappa shape index (κ2) is 6.13. The highest BCUT2D eigenvalue weighted by Crippen LogP contribution is 2.32. The van der Waals surface area contributed by atoms with Gasteiger partial charge in [-0.25, -0.2) is 0 Å². The number of aromatic amines is 1. The first kappa shape index (κ1) is 15.3. The molecule has 0 bridgehead atoms. The van der Waals surface area contributed by atoms with Crippen LogP contribution >= 0.6 is 46.3 Å². The van der Waals surface area contributed by atoms with Gasteiger partial charge in [0.05, 0.1) is 10.1 Å². The number of Topliss-reactive ketones (excluding diaryl/α,β-unsaturated/α-hetero) is 1. The Morgan fingerprint density at radius 1 is 1.50 bits per heavy atom. The van der Waals surface area contributed by atoms with Gasteiger partial charge in [0.2, 0.25) is 0 Å². The number of aromatic nitrogens is 3. The zero-order valence-electron chi connectivity index (χ0n) is 9.98. The molecule has 0 aliphatic carbocycles. The average Bonchev–Trinajstić information content (AvgIpc) is 2.71. The summed E-state index contributed by atoms with van der Waals surface area (Å²) in [6.07, 6.45) is 0. The van der Waals surface area contributed by atoms with Crippen LogP contribution in [0.5, 0.6) is 0 Å². The zero-order chi connectivity index (χ0) is 14.9. The van der Waals surface area contributed by atoms with E-state index in [1.54, 1.807) is 0 Å². The summed E-state index contributed by atoms with van der Waals surface area (Å²) in [4.78, 5) is 37.8. The van der Waals surface area contributed by atoms with E-state index < -0.39 is 11.1 Å². The summed E-state index contributed by atoms with van der Waals surface area (Å²) in [5, 5.41) is 2.53. The number of thioether (sulfide) groups is 1. The van der Waals surface area contributed by atoms with E-state index in [2.05, 4.69) is 10.1 Å². The largest absolute Gasteiger partial charge is 0.339 e. The number of halogens is 2. The zero-order valence-corrected chi connectivity index (χ0v) is 13.1. The molecule has 0 saturated carbocycles. The van der Waals surface area contributed by atoms with Gasteiger partial charge in [0.1, 0.15) is 4.34 Å². The second-order valence-corrected chi connectivity index (χ2v) is 6.88. The number of ketones is 1. The minimum Gasteiger partial charge on any atom is -0.293 e. The van der Waals surface area contributed by atoms with Crippen LogP contribution in [0.1, 0.15) is 10.4 Å². The summed E-state index contributed by atoms with van der Waals surface area (Å²) in [5.74, 6) is -0.206. The fourth-order valence-electron chi connectivity index (χ4n) is 1.33. The van der Waals surface area contributed by atoms with E-state index in [0.717, 1.165) is 23.1 Å². The summed E-state index contributed by atoms with van der Waals surface area (Å²) >= 11 is 13.8. The second-order valence-electron chi connectivity index (χ2n) is 3.65. The SMILES string of the molecule is Cn1[nH]c(=O)c(=O)nc1SCC(=O)c1cc(Cl)sc1Cl. The van der Waals surface area contributed by atoms with Crippen molar-refractivity contribution in [3.8, 4) is 0 Å². The Hall–Kier alpha value is -1.09. The van der Waals surface area contributed by atoms with E-state index >= 15 is 0 Å². The summed E-state index contributed by atoms with van der Waals surface area (Å²) < 4.78 is 2.03. The van der Waals surface area contributed by atoms with Crippen LogP contribution in [0.25, 0.3) is 0 Å². The van der Waals surface area contributed by atoms with Crippen molar-refractivity contribution < 1.29 is 4.79 Å². The number of nitrogens with zero attached hydrogens (tertiary/aromatic N) is 2. The van der Waals surface area contributed by atoms with Crippen LogP contribution in [0.2, 0.25) is 8.67 Å². The molecule has 0 spiro atoms. The molecule has 2 aromatic heterocycles. The molecule has 0 aliphatic heterocycles. The fraction of sp³-hybridized carbons (Fsp3) is 0.200. The van der Waals surface area contributed by atoms with Gasteiger partial charge < -0.3 is 0 Å².